The molecule has 2 atom stereocenters. The Kier molecular flexibility index (Phi) is 3.99. The van der Waals surface area contributed by atoms with E-state index in [1.165, 1.54) is 11.1 Å². The molecule has 164 valence electrons. The van der Waals surface area contributed by atoms with E-state index in [0.29, 0.717) is 41.5 Å². The van der Waals surface area contributed by atoms with Crippen LogP contribution < -0.4 is 11.3 Å². The smallest absolute Gasteiger partial charge is 0.343 e. The normalized spacial score (nSPS) is 23.0. The Bertz CT molecular complexity index is 1410. The number of aromatic nitrogens is 2. The van der Waals surface area contributed by atoms with Crippen LogP contribution in [0.1, 0.15) is 66.0 Å². The summed E-state index contributed by atoms with van der Waals surface area (Å²) in [4.78, 5) is 30.7. The van der Waals surface area contributed by atoms with Gasteiger partial charge in [-0.15, -0.1) is 0 Å². The number of ether oxygens (including phenoxy) is 1. The van der Waals surface area contributed by atoms with Crippen molar-refractivity contribution in [2.45, 2.75) is 64.3 Å². The summed E-state index contributed by atoms with van der Waals surface area (Å²) >= 11 is 0. The second-order valence-corrected chi connectivity index (χ2v) is 9.23. The second kappa shape index (κ2) is 6.49. The van der Waals surface area contributed by atoms with Crippen molar-refractivity contribution in [1.29, 1.82) is 0 Å². The zero-order valence-corrected chi connectivity index (χ0v) is 18.2. The fourth-order valence-corrected chi connectivity index (χ4v) is 5.70. The number of aliphatic hydroxyl groups is 1. The summed E-state index contributed by atoms with van der Waals surface area (Å²) in [7, 11) is 0. The number of pyridine rings is 2. The van der Waals surface area contributed by atoms with Gasteiger partial charge in [-0.25, -0.2) is 9.78 Å². The predicted molar refractivity (Wildman–Crippen MR) is 119 cm³/mol. The van der Waals surface area contributed by atoms with E-state index in [1.807, 2.05) is 0 Å². The topological polar surface area (TPSA) is 107 Å². The van der Waals surface area contributed by atoms with E-state index in [1.54, 1.807) is 17.6 Å². The third kappa shape index (κ3) is 2.35. The molecule has 32 heavy (non-hydrogen) atoms. The van der Waals surface area contributed by atoms with Gasteiger partial charge in [0.15, 0.2) is 5.60 Å². The van der Waals surface area contributed by atoms with Crippen molar-refractivity contribution in [3.63, 3.8) is 0 Å². The van der Waals surface area contributed by atoms with Crippen molar-refractivity contribution in [2.75, 3.05) is 0 Å². The highest BCUT2D eigenvalue weighted by Gasteiger charge is 2.45. The Balaban J connectivity index is 1.64. The van der Waals surface area contributed by atoms with Crippen LogP contribution in [0.3, 0.4) is 0 Å². The van der Waals surface area contributed by atoms with Crippen LogP contribution in [0.15, 0.2) is 23.0 Å². The molecule has 0 saturated carbocycles. The van der Waals surface area contributed by atoms with Gasteiger partial charge < -0.3 is 20.1 Å². The minimum absolute atomic E-state index is 0.123. The van der Waals surface area contributed by atoms with Gasteiger partial charge in [0.1, 0.15) is 6.61 Å². The molecule has 1 aromatic carbocycles. The molecule has 3 aromatic rings. The first kappa shape index (κ1) is 19.6. The standard InChI is InChI=1S/C25H25N3O4/c1-3-25(31)19-8-21-22-17(10-28(21)23(29)18(19)11-32-24(25)30)16(9-26)15-7-14-12(2)4-5-13(14)6-20(15)27-22/h6-8,12,31H,3-5,9-11,26H2,1-2H3/t12-,25+/m1/s1. The van der Waals surface area contributed by atoms with Gasteiger partial charge in [-0.3, -0.25) is 4.79 Å². The number of cyclic esters (lactones) is 1. The molecule has 0 radical (unpaired) electrons. The van der Waals surface area contributed by atoms with Crippen molar-refractivity contribution in [2.24, 2.45) is 5.73 Å². The molecule has 0 unspecified atom stereocenters. The van der Waals surface area contributed by atoms with E-state index in [-0.39, 0.29) is 18.6 Å². The SMILES string of the molecule is CC[C@@]1(O)C(=O)OCc2c1cc1n(c2=O)Cc2c-1nc1cc3c(cc1c2CN)[C@H](C)CC3. The number of carbonyl (C=O) groups is 1. The van der Waals surface area contributed by atoms with Crippen molar-refractivity contribution >= 4 is 16.9 Å². The van der Waals surface area contributed by atoms with Crippen molar-refractivity contribution in [3.05, 3.63) is 61.9 Å². The first-order valence-electron chi connectivity index (χ1n) is 11.2. The van der Waals surface area contributed by atoms with Gasteiger partial charge in [0.25, 0.3) is 5.56 Å². The van der Waals surface area contributed by atoms with Crippen LogP contribution >= 0.6 is 0 Å². The van der Waals surface area contributed by atoms with E-state index in [2.05, 4.69) is 19.1 Å². The van der Waals surface area contributed by atoms with Gasteiger partial charge in [0.05, 0.1) is 29.0 Å². The number of benzene rings is 1. The average molecular weight is 431 g/mol. The van der Waals surface area contributed by atoms with Crippen LogP contribution in [-0.2, 0) is 41.2 Å². The summed E-state index contributed by atoms with van der Waals surface area (Å²) in [5, 5.41) is 12.1. The quantitative estimate of drug-likeness (QED) is 0.473. The molecule has 1 aliphatic carbocycles. The van der Waals surface area contributed by atoms with Crippen LogP contribution in [0.5, 0.6) is 0 Å². The number of esters is 1. The lowest BCUT2D eigenvalue weighted by Gasteiger charge is -2.31. The minimum Gasteiger partial charge on any atom is -0.458 e. The van der Waals surface area contributed by atoms with Crippen LogP contribution in [0.4, 0.5) is 0 Å². The Morgan fingerprint density at radius 1 is 1.28 bits per heavy atom. The predicted octanol–water partition coefficient (Wildman–Crippen LogP) is 2.59. The summed E-state index contributed by atoms with van der Waals surface area (Å²) in [5.74, 6) is -0.196. The van der Waals surface area contributed by atoms with Gasteiger partial charge in [-0.05, 0) is 60.1 Å². The Hall–Kier alpha value is -3.03. The van der Waals surface area contributed by atoms with Crippen molar-refractivity contribution < 1.29 is 14.6 Å². The van der Waals surface area contributed by atoms with Crippen molar-refractivity contribution in [3.8, 4) is 11.4 Å². The second-order valence-electron chi connectivity index (χ2n) is 9.23. The zero-order chi connectivity index (χ0) is 22.4. The Morgan fingerprint density at radius 2 is 2.09 bits per heavy atom. The highest BCUT2D eigenvalue weighted by molar-refractivity contribution is 5.90. The lowest BCUT2D eigenvalue weighted by molar-refractivity contribution is -0.172. The van der Waals surface area contributed by atoms with Crippen LogP contribution in [-0.4, -0.2) is 20.6 Å². The molecule has 7 nitrogen and oxygen atoms in total. The molecule has 0 spiro atoms. The number of carbonyl (C=O) groups excluding carboxylic acids is 1. The first-order valence-corrected chi connectivity index (χ1v) is 11.2. The molecule has 0 fully saturated rings. The molecular weight excluding hydrogens is 406 g/mol. The van der Waals surface area contributed by atoms with E-state index >= 15 is 0 Å². The van der Waals surface area contributed by atoms with Gasteiger partial charge >= 0.3 is 5.97 Å². The molecule has 0 bridgehead atoms. The molecule has 0 amide bonds. The Labute approximate surface area is 184 Å². The molecule has 6 rings (SSSR count). The summed E-state index contributed by atoms with van der Waals surface area (Å²) in [5.41, 5.74) is 11.7. The monoisotopic (exact) mass is 431 g/mol. The molecule has 2 aromatic heterocycles. The van der Waals surface area contributed by atoms with Gasteiger partial charge in [-0.1, -0.05) is 13.8 Å². The van der Waals surface area contributed by atoms with E-state index in [0.717, 1.165) is 34.9 Å². The third-order valence-electron chi connectivity index (χ3n) is 7.65. The number of nitrogens with two attached hydrogens (primary N) is 1. The Morgan fingerprint density at radius 3 is 2.84 bits per heavy atom. The highest BCUT2D eigenvalue weighted by Crippen LogP contribution is 2.42. The fraction of sp³-hybridized carbons (Fsp3) is 0.400. The molecular formula is C25H25N3O4. The maximum Gasteiger partial charge on any atom is 0.343 e. The van der Waals surface area contributed by atoms with Crippen LogP contribution in [0.2, 0.25) is 0 Å². The molecule has 4 heterocycles. The number of rotatable bonds is 2. The third-order valence-corrected chi connectivity index (χ3v) is 7.65. The summed E-state index contributed by atoms with van der Waals surface area (Å²) in [6.07, 6.45) is 2.30. The molecule has 0 saturated heterocycles. The average Bonchev–Trinajstić information content (AvgIpc) is 3.34. The van der Waals surface area contributed by atoms with Crippen molar-refractivity contribution in [1.82, 2.24) is 9.55 Å². The number of aryl methyl sites for hydroxylation is 1. The zero-order valence-electron chi connectivity index (χ0n) is 18.2. The highest BCUT2D eigenvalue weighted by atomic mass is 16.6. The van der Waals surface area contributed by atoms with Gasteiger partial charge in [0.2, 0.25) is 0 Å². The molecule has 3 N–H and O–H groups in total. The van der Waals surface area contributed by atoms with E-state index in [4.69, 9.17) is 15.5 Å². The lowest BCUT2D eigenvalue weighted by atomic mass is 9.86. The largest absolute Gasteiger partial charge is 0.458 e. The fourth-order valence-electron chi connectivity index (χ4n) is 5.70. The molecule has 7 heteroatoms. The number of nitrogens with zero attached hydrogens (tertiary/aromatic N) is 2. The first-order chi connectivity index (χ1) is 15.4. The minimum atomic E-state index is -1.82. The van der Waals surface area contributed by atoms with E-state index in [9.17, 15) is 14.7 Å². The van der Waals surface area contributed by atoms with Crippen LogP contribution in [0, 0.1) is 0 Å². The van der Waals surface area contributed by atoms with Gasteiger partial charge in [0, 0.05) is 23.1 Å². The summed E-state index contributed by atoms with van der Waals surface area (Å²) in [6.45, 7) is 4.54. The maximum absolute atomic E-state index is 13.4. The summed E-state index contributed by atoms with van der Waals surface area (Å²) < 4.78 is 6.82. The van der Waals surface area contributed by atoms with Crippen LogP contribution in [0.25, 0.3) is 22.3 Å². The number of hydrogen-bond donors (Lipinski definition) is 2. The number of hydrogen-bond acceptors (Lipinski definition) is 6. The molecule has 2 aliphatic heterocycles. The molecule has 3 aliphatic rings. The van der Waals surface area contributed by atoms with E-state index < -0.39 is 11.6 Å². The maximum atomic E-state index is 13.4. The lowest BCUT2D eigenvalue weighted by Crippen LogP contribution is -2.44. The number of fused-ring (bicyclic) bond motifs is 6. The van der Waals surface area contributed by atoms with Gasteiger partial charge in [-0.2, -0.15) is 0 Å². The summed E-state index contributed by atoms with van der Waals surface area (Å²) in [6, 6.07) is 6.14.